The number of allylic oxidation sites excluding steroid dienone is 2. The molecule has 23 heavy (non-hydrogen) atoms. The van der Waals surface area contributed by atoms with E-state index in [0.29, 0.717) is 16.5 Å². The predicted octanol–water partition coefficient (Wildman–Crippen LogP) is 3.31. The number of halogens is 1. The average molecular weight is 347 g/mol. The van der Waals surface area contributed by atoms with Crippen LogP contribution in [0.1, 0.15) is 5.69 Å². The van der Waals surface area contributed by atoms with Gasteiger partial charge in [0.05, 0.1) is 15.6 Å². The second-order valence-corrected chi connectivity index (χ2v) is 7.73. The molecule has 3 rings (SSSR count). The Hall–Kier alpha value is -2.11. The number of nitrogens with one attached hydrogen (secondary N) is 1. The maximum Gasteiger partial charge on any atom is 0.175 e. The number of rotatable bonds is 3. The van der Waals surface area contributed by atoms with Gasteiger partial charge < -0.3 is 5.32 Å². The van der Waals surface area contributed by atoms with Gasteiger partial charge in [-0.3, -0.25) is 4.98 Å². The molecule has 0 bridgehead atoms. The van der Waals surface area contributed by atoms with Crippen molar-refractivity contribution in [2.24, 2.45) is 0 Å². The number of aromatic nitrogens is 1. The minimum Gasteiger partial charge on any atom is -0.387 e. The molecule has 0 atom stereocenters. The number of benzene rings is 1. The summed E-state index contributed by atoms with van der Waals surface area (Å²) in [6, 6.07) is 8.60. The van der Waals surface area contributed by atoms with Gasteiger partial charge in [0.1, 0.15) is 0 Å². The number of hydrogen-bond acceptors (Lipinski definition) is 4. The van der Waals surface area contributed by atoms with Crippen LogP contribution in [0, 0.1) is 0 Å². The summed E-state index contributed by atoms with van der Waals surface area (Å²) >= 11 is 6.10. The van der Waals surface area contributed by atoms with Gasteiger partial charge in [-0.25, -0.2) is 8.42 Å². The molecule has 0 radical (unpaired) electrons. The Labute approximate surface area is 140 Å². The Morgan fingerprint density at radius 3 is 2.57 bits per heavy atom. The Morgan fingerprint density at radius 1 is 1.22 bits per heavy atom. The summed E-state index contributed by atoms with van der Waals surface area (Å²) < 4.78 is 23.2. The Balaban J connectivity index is 2.10. The molecule has 0 spiro atoms. The zero-order valence-corrected chi connectivity index (χ0v) is 14.0. The third-order valence-electron chi connectivity index (χ3n) is 3.56. The summed E-state index contributed by atoms with van der Waals surface area (Å²) in [6.45, 7) is 0.680. The van der Waals surface area contributed by atoms with Gasteiger partial charge >= 0.3 is 0 Å². The van der Waals surface area contributed by atoms with Gasteiger partial charge in [-0.15, -0.1) is 0 Å². The smallest absolute Gasteiger partial charge is 0.175 e. The first-order valence-electron chi connectivity index (χ1n) is 7.01. The standard InChI is InChI=1S/C17H15ClN2O2S/c1-23(21,22)15-6-4-12(5-7-15)16-9-14(18)11-20-17(16)13-3-2-8-19-10-13/h2-9,11,19H,10H2,1H3. The van der Waals surface area contributed by atoms with Crippen LogP contribution in [0.2, 0.25) is 5.02 Å². The van der Waals surface area contributed by atoms with E-state index in [-0.39, 0.29) is 0 Å². The Morgan fingerprint density at radius 2 is 1.96 bits per heavy atom. The maximum absolute atomic E-state index is 11.6. The molecular formula is C17H15ClN2O2S. The lowest BCUT2D eigenvalue weighted by Crippen LogP contribution is -2.13. The fraction of sp³-hybridized carbons (Fsp3) is 0.118. The molecular weight excluding hydrogens is 332 g/mol. The minimum atomic E-state index is -3.21. The summed E-state index contributed by atoms with van der Waals surface area (Å²) in [4.78, 5) is 4.75. The van der Waals surface area contributed by atoms with Crippen LogP contribution in [0.4, 0.5) is 0 Å². The normalized spacial score (nSPS) is 14.3. The molecule has 0 amide bonds. The van der Waals surface area contributed by atoms with Crippen molar-refractivity contribution in [1.29, 1.82) is 0 Å². The van der Waals surface area contributed by atoms with Crippen LogP contribution in [-0.2, 0) is 9.84 Å². The van der Waals surface area contributed by atoms with Crippen LogP contribution in [-0.4, -0.2) is 26.2 Å². The van der Waals surface area contributed by atoms with Gasteiger partial charge in [-0.05, 0) is 41.6 Å². The maximum atomic E-state index is 11.6. The Kier molecular flexibility index (Phi) is 4.24. The molecule has 118 valence electrons. The summed E-state index contributed by atoms with van der Waals surface area (Å²) in [5.74, 6) is 0. The fourth-order valence-corrected chi connectivity index (χ4v) is 3.21. The highest BCUT2D eigenvalue weighted by Crippen LogP contribution is 2.30. The van der Waals surface area contributed by atoms with Crippen molar-refractivity contribution in [1.82, 2.24) is 10.3 Å². The molecule has 1 aliphatic heterocycles. The largest absolute Gasteiger partial charge is 0.387 e. The van der Waals surface area contributed by atoms with Crippen LogP contribution in [0.3, 0.4) is 0 Å². The third-order valence-corrected chi connectivity index (χ3v) is 4.89. The van der Waals surface area contributed by atoms with E-state index >= 15 is 0 Å². The third kappa shape index (κ3) is 3.46. The number of pyridine rings is 1. The van der Waals surface area contributed by atoms with E-state index in [2.05, 4.69) is 10.3 Å². The van der Waals surface area contributed by atoms with E-state index in [9.17, 15) is 8.42 Å². The predicted molar refractivity (Wildman–Crippen MR) is 92.9 cm³/mol. The van der Waals surface area contributed by atoms with Crippen molar-refractivity contribution >= 4 is 27.0 Å². The lowest BCUT2D eigenvalue weighted by molar-refractivity contribution is 0.602. The molecule has 2 heterocycles. The van der Waals surface area contributed by atoms with Crippen molar-refractivity contribution in [2.75, 3.05) is 12.8 Å². The summed E-state index contributed by atoms with van der Waals surface area (Å²) in [6.07, 6.45) is 8.61. The van der Waals surface area contributed by atoms with E-state index in [4.69, 9.17) is 11.6 Å². The van der Waals surface area contributed by atoms with Crippen molar-refractivity contribution in [3.63, 3.8) is 0 Å². The highest BCUT2D eigenvalue weighted by Gasteiger charge is 2.14. The SMILES string of the molecule is CS(=O)(=O)c1ccc(-c2cc(Cl)cnc2C2=CC=CNC2)cc1. The molecule has 1 aromatic carbocycles. The second kappa shape index (κ2) is 6.18. The first kappa shape index (κ1) is 15.8. The quantitative estimate of drug-likeness (QED) is 0.926. The van der Waals surface area contributed by atoms with E-state index in [0.717, 1.165) is 22.4 Å². The van der Waals surface area contributed by atoms with Gasteiger partial charge in [0, 0.05) is 24.6 Å². The molecule has 6 heteroatoms. The molecule has 0 aliphatic carbocycles. The molecule has 1 aromatic heterocycles. The fourth-order valence-electron chi connectivity index (χ4n) is 2.42. The van der Waals surface area contributed by atoms with Gasteiger partial charge in [0.15, 0.2) is 9.84 Å². The van der Waals surface area contributed by atoms with Gasteiger partial charge in [-0.1, -0.05) is 29.8 Å². The highest BCUT2D eigenvalue weighted by atomic mass is 35.5. The molecule has 0 fully saturated rings. The molecule has 4 nitrogen and oxygen atoms in total. The molecule has 1 N–H and O–H groups in total. The van der Waals surface area contributed by atoms with E-state index in [1.807, 2.05) is 24.4 Å². The number of nitrogens with zero attached hydrogens (tertiary/aromatic N) is 1. The van der Waals surface area contributed by atoms with E-state index in [1.165, 1.54) is 6.26 Å². The lowest BCUT2D eigenvalue weighted by Gasteiger charge is -2.15. The summed E-state index contributed by atoms with van der Waals surface area (Å²) in [5.41, 5.74) is 3.63. The minimum absolute atomic E-state index is 0.291. The van der Waals surface area contributed by atoms with Gasteiger partial charge in [0.25, 0.3) is 0 Å². The lowest BCUT2D eigenvalue weighted by atomic mass is 9.98. The van der Waals surface area contributed by atoms with Crippen LogP contribution in [0.15, 0.2) is 59.8 Å². The van der Waals surface area contributed by atoms with Crippen LogP contribution in [0.5, 0.6) is 0 Å². The first-order valence-corrected chi connectivity index (χ1v) is 9.27. The average Bonchev–Trinajstić information content (AvgIpc) is 2.55. The molecule has 1 aliphatic rings. The number of hydrogen-bond donors (Lipinski definition) is 1. The number of dihydropyridines is 1. The van der Waals surface area contributed by atoms with Crippen molar-refractivity contribution in [3.8, 4) is 11.1 Å². The molecule has 0 unspecified atom stereocenters. The van der Waals surface area contributed by atoms with Crippen molar-refractivity contribution < 1.29 is 8.42 Å². The van der Waals surface area contributed by atoms with Crippen molar-refractivity contribution in [3.05, 3.63) is 65.6 Å². The van der Waals surface area contributed by atoms with E-state index < -0.39 is 9.84 Å². The number of sulfone groups is 1. The zero-order chi connectivity index (χ0) is 16.4. The Bertz CT molecular complexity index is 901. The highest BCUT2D eigenvalue weighted by molar-refractivity contribution is 7.90. The van der Waals surface area contributed by atoms with Crippen LogP contribution in [0.25, 0.3) is 16.7 Å². The van der Waals surface area contributed by atoms with Gasteiger partial charge in [0.2, 0.25) is 0 Å². The topological polar surface area (TPSA) is 59.1 Å². The molecule has 2 aromatic rings. The van der Waals surface area contributed by atoms with Crippen molar-refractivity contribution in [2.45, 2.75) is 4.90 Å². The van der Waals surface area contributed by atoms with Gasteiger partial charge in [-0.2, -0.15) is 0 Å². The summed E-state index contributed by atoms with van der Waals surface area (Å²) in [5, 5.41) is 3.69. The van der Waals surface area contributed by atoms with E-state index in [1.54, 1.807) is 30.5 Å². The van der Waals surface area contributed by atoms with Crippen LogP contribution < -0.4 is 5.32 Å². The zero-order valence-electron chi connectivity index (χ0n) is 12.5. The second-order valence-electron chi connectivity index (χ2n) is 5.28. The monoisotopic (exact) mass is 346 g/mol. The molecule has 0 saturated heterocycles. The first-order chi connectivity index (χ1) is 10.9. The van der Waals surface area contributed by atoms with Crippen LogP contribution >= 0.6 is 11.6 Å². The summed E-state index contributed by atoms with van der Waals surface area (Å²) in [7, 11) is -3.21. The molecule has 0 saturated carbocycles.